The fourth-order valence-corrected chi connectivity index (χ4v) is 3.49. The highest BCUT2D eigenvalue weighted by atomic mass is 32.2. The van der Waals surface area contributed by atoms with Crippen molar-refractivity contribution in [3.63, 3.8) is 0 Å². The maximum absolute atomic E-state index is 11.3. The maximum Gasteiger partial charge on any atom is 0.269 e. The molecule has 1 heterocycles. The summed E-state index contributed by atoms with van der Waals surface area (Å²) >= 11 is 1.12. The molecule has 0 radical (unpaired) electrons. The van der Waals surface area contributed by atoms with Gasteiger partial charge in [0.25, 0.3) is 5.69 Å². The lowest BCUT2D eigenvalue weighted by Crippen LogP contribution is -2.63. The van der Waals surface area contributed by atoms with Gasteiger partial charge in [-0.15, -0.1) is 0 Å². The van der Waals surface area contributed by atoms with Crippen LogP contribution in [0.25, 0.3) is 0 Å². The number of carbonyl (C=O) groups excluding carboxylic acids is 1. The van der Waals surface area contributed by atoms with Crippen LogP contribution in [0.4, 0.5) is 5.69 Å². The summed E-state index contributed by atoms with van der Waals surface area (Å²) < 4.78 is 5.57. The number of nitro groups is 1. The summed E-state index contributed by atoms with van der Waals surface area (Å²) in [6, 6.07) is 4.78. The third-order valence-corrected chi connectivity index (χ3v) is 4.73. The first kappa shape index (κ1) is 18.6. The van der Waals surface area contributed by atoms with Crippen LogP contribution in [0.5, 0.6) is 0 Å². The average molecular weight is 358 g/mol. The van der Waals surface area contributed by atoms with Gasteiger partial charge in [-0.25, -0.2) is 0 Å². The zero-order chi connectivity index (χ0) is 17.9. The molecule has 1 aliphatic heterocycles. The molecule has 10 heteroatoms. The number of non-ortho nitro benzene ring substituents is 1. The van der Waals surface area contributed by atoms with Crippen molar-refractivity contribution in [2.45, 2.75) is 41.6 Å². The number of nitrogens with one attached hydrogen (secondary N) is 1. The molecule has 0 spiro atoms. The van der Waals surface area contributed by atoms with Gasteiger partial charge in [0.1, 0.15) is 23.7 Å². The minimum atomic E-state index is -1.35. The van der Waals surface area contributed by atoms with Gasteiger partial charge in [0.15, 0.2) is 0 Å². The number of hydrogen-bond donors (Lipinski definition) is 4. The summed E-state index contributed by atoms with van der Waals surface area (Å²) in [7, 11) is 0. The quantitative estimate of drug-likeness (QED) is 0.412. The van der Waals surface area contributed by atoms with Crippen molar-refractivity contribution in [2.24, 2.45) is 0 Å². The smallest absolute Gasteiger partial charge is 0.269 e. The van der Waals surface area contributed by atoms with Gasteiger partial charge in [0, 0.05) is 24.0 Å². The lowest BCUT2D eigenvalue weighted by Gasteiger charge is -2.42. The number of hydrogen-bond acceptors (Lipinski definition) is 8. The molecule has 4 N–H and O–H groups in total. The highest BCUT2D eigenvalue weighted by Crippen LogP contribution is 2.34. The highest BCUT2D eigenvalue weighted by molar-refractivity contribution is 7.99. The van der Waals surface area contributed by atoms with E-state index in [2.05, 4.69) is 5.32 Å². The Labute approximate surface area is 141 Å². The van der Waals surface area contributed by atoms with Crippen LogP contribution in [0.3, 0.4) is 0 Å². The predicted molar refractivity (Wildman–Crippen MR) is 84.3 cm³/mol. The number of carbonyl (C=O) groups is 1. The molecular weight excluding hydrogens is 340 g/mol. The second kappa shape index (κ2) is 7.90. The molecule has 1 aliphatic rings. The van der Waals surface area contributed by atoms with Crippen LogP contribution in [-0.2, 0) is 9.53 Å². The van der Waals surface area contributed by atoms with Crippen LogP contribution >= 0.6 is 11.8 Å². The fraction of sp³-hybridized carbons (Fsp3) is 0.500. The van der Waals surface area contributed by atoms with Crippen LogP contribution in [0, 0.1) is 10.1 Å². The second-order valence-corrected chi connectivity index (χ2v) is 6.47. The van der Waals surface area contributed by atoms with Crippen molar-refractivity contribution >= 4 is 23.4 Å². The molecule has 0 saturated carbocycles. The van der Waals surface area contributed by atoms with Crippen LogP contribution < -0.4 is 5.32 Å². The average Bonchev–Trinajstić information content (AvgIpc) is 2.54. The number of aliphatic hydroxyl groups is 3. The number of ether oxygens (including phenoxy) is 1. The Kier molecular flexibility index (Phi) is 6.13. The molecule has 132 valence electrons. The largest absolute Gasteiger partial charge is 0.394 e. The molecule has 2 rings (SSSR count). The van der Waals surface area contributed by atoms with E-state index in [1.54, 1.807) is 0 Å². The molecule has 0 aliphatic carbocycles. The first-order valence-electron chi connectivity index (χ1n) is 7.14. The van der Waals surface area contributed by atoms with E-state index in [0.717, 1.165) is 11.8 Å². The summed E-state index contributed by atoms with van der Waals surface area (Å²) in [6.45, 7) is 0.771. The van der Waals surface area contributed by atoms with Crippen molar-refractivity contribution in [1.29, 1.82) is 0 Å². The second-order valence-electron chi connectivity index (χ2n) is 5.30. The van der Waals surface area contributed by atoms with Crippen LogP contribution in [0.15, 0.2) is 29.2 Å². The molecule has 1 aromatic carbocycles. The minimum Gasteiger partial charge on any atom is -0.394 e. The molecule has 1 aromatic rings. The van der Waals surface area contributed by atoms with Crippen molar-refractivity contribution in [3.8, 4) is 0 Å². The Morgan fingerprint density at radius 2 is 1.96 bits per heavy atom. The summed E-state index contributed by atoms with van der Waals surface area (Å²) in [4.78, 5) is 22.1. The van der Waals surface area contributed by atoms with E-state index in [0.29, 0.717) is 4.90 Å². The monoisotopic (exact) mass is 358 g/mol. The van der Waals surface area contributed by atoms with E-state index >= 15 is 0 Å². The molecule has 1 saturated heterocycles. The summed E-state index contributed by atoms with van der Waals surface area (Å²) in [5.74, 6) is -0.411. The van der Waals surface area contributed by atoms with Crippen molar-refractivity contribution < 1.29 is 29.8 Å². The Balaban J connectivity index is 2.19. The van der Waals surface area contributed by atoms with E-state index in [1.807, 2.05) is 0 Å². The van der Waals surface area contributed by atoms with E-state index in [4.69, 9.17) is 4.74 Å². The normalized spacial score (nSPS) is 29.9. The molecule has 9 nitrogen and oxygen atoms in total. The number of rotatable bonds is 5. The van der Waals surface area contributed by atoms with Crippen molar-refractivity contribution in [3.05, 3.63) is 34.4 Å². The number of nitro benzene ring substituents is 1. The minimum absolute atomic E-state index is 0.0639. The predicted octanol–water partition coefficient (Wildman–Crippen LogP) is -0.369. The summed E-state index contributed by atoms with van der Waals surface area (Å²) in [6.07, 6.45) is -3.67. The highest BCUT2D eigenvalue weighted by Gasteiger charge is 2.45. The Bertz CT molecular complexity index is 597. The van der Waals surface area contributed by atoms with Crippen LogP contribution in [-0.4, -0.2) is 62.5 Å². The van der Waals surface area contributed by atoms with Gasteiger partial charge in [0.05, 0.1) is 17.6 Å². The topological polar surface area (TPSA) is 142 Å². The molecule has 5 atom stereocenters. The Morgan fingerprint density at radius 3 is 2.46 bits per heavy atom. The molecule has 24 heavy (non-hydrogen) atoms. The Morgan fingerprint density at radius 1 is 1.33 bits per heavy atom. The van der Waals surface area contributed by atoms with E-state index in [1.165, 1.54) is 31.2 Å². The van der Waals surface area contributed by atoms with Gasteiger partial charge in [-0.3, -0.25) is 14.9 Å². The first-order chi connectivity index (χ1) is 11.3. The first-order valence-corrected chi connectivity index (χ1v) is 8.02. The zero-order valence-electron chi connectivity index (χ0n) is 12.7. The van der Waals surface area contributed by atoms with Crippen molar-refractivity contribution in [2.75, 3.05) is 6.61 Å². The summed E-state index contributed by atoms with van der Waals surface area (Å²) in [5.41, 5.74) is -0.850. The third kappa shape index (κ3) is 4.22. The zero-order valence-corrected chi connectivity index (χ0v) is 13.5. The summed E-state index contributed by atoms with van der Waals surface area (Å²) in [5, 5.41) is 42.6. The van der Waals surface area contributed by atoms with Gasteiger partial charge in [0.2, 0.25) is 5.91 Å². The molecule has 1 fully saturated rings. The van der Waals surface area contributed by atoms with E-state index in [9.17, 15) is 30.2 Å². The number of nitrogens with zero attached hydrogens (tertiary/aromatic N) is 1. The molecule has 1 amide bonds. The number of benzene rings is 1. The van der Waals surface area contributed by atoms with Gasteiger partial charge in [-0.05, 0) is 12.1 Å². The SMILES string of the molecule is CC(=O)N[C@H]1[C@@H](O)[C@H](O)[C@@H](CO)O[C@H]1Sc1ccc([N+](=O)[O-])cc1. The van der Waals surface area contributed by atoms with Gasteiger partial charge >= 0.3 is 0 Å². The van der Waals surface area contributed by atoms with Gasteiger partial charge in [-0.2, -0.15) is 0 Å². The van der Waals surface area contributed by atoms with Crippen molar-refractivity contribution in [1.82, 2.24) is 5.32 Å². The van der Waals surface area contributed by atoms with Gasteiger partial charge < -0.3 is 25.4 Å². The van der Waals surface area contributed by atoms with E-state index < -0.39 is 47.2 Å². The lowest BCUT2D eigenvalue weighted by atomic mass is 9.98. The third-order valence-electron chi connectivity index (χ3n) is 3.55. The number of thioether (sulfide) groups is 1. The van der Waals surface area contributed by atoms with E-state index in [-0.39, 0.29) is 5.69 Å². The lowest BCUT2D eigenvalue weighted by molar-refractivity contribution is -0.384. The molecule has 0 aromatic heterocycles. The number of amides is 1. The fourth-order valence-electron chi connectivity index (χ4n) is 2.35. The molecular formula is C14H18N2O7S. The Hall–Kier alpha value is -1.72. The van der Waals surface area contributed by atoms with Crippen LogP contribution in [0.1, 0.15) is 6.92 Å². The molecule has 0 unspecified atom stereocenters. The maximum atomic E-state index is 11.3. The van der Waals surface area contributed by atoms with Crippen LogP contribution in [0.2, 0.25) is 0 Å². The standard InChI is InChI=1S/C14H18N2O7S/c1-7(18)15-11-13(20)12(19)10(6-17)23-14(11)24-9-4-2-8(3-5-9)16(21)22/h2-5,10-14,17,19-20H,6H2,1H3,(H,15,18)/t10-,11+,12-,13-,14+/m1/s1. The van der Waals surface area contributed by atoms with Gasteiger partial charge in [-0.1, -0.05) is 11.8 Å². The molecule has 0 bridgehead atoms. The number of aliphatic hydroxyl groups excluding tert-OH is 3.